The van der Waals surface area contributed by atoms with E-state index in [1.807, 2.05) is 88.4 Å². The molecule has 0 radical (unpaired) electrons. The van der Waals surface area contributed by atoms with Crippen molar-refractivity contribution in [2.45, 2.75) is 86.0 Å². The quantitative estimate of drug-likeness (QED) is 0.287. The van der Waals surface area contributed by atoms with E-state index in [4.69, 9.17) is 5.11 Å². The molecule has 0 fully saturated rings. The monoisotopic (exact) mass is 541 g/mol. The van der Waals surface area contributed by atoms with Gasteiger partial charge in [-0.05, 0) is 42.2 Å². The lowest BCUT2D eigenvalue weighted by Crippen LogP contribution is -2.55. The highest BCUT2D eigenvalue weighted by Gasteiger charge is 2.28. The Bertz CT molecular complexity index is 980. The second kappa shape index (κ2) is 19.5. The molecule has 2 aromatic carbocycles. The van der Waals surface area contributed by atoms with Crippen LogP contribution in [0.2, 0.25) is 0 Å². The summed E-state index contributed by atoms with van der Waals surface area (Å²) in [5.41, 5.74) is 1.90. The average Bonchev–Trinajstić information content (AvgIpc) is 2.88. The van der Waals surface area contributed by atoms with Gasteiger partial charge in [0.1, 0.15) is 18.4 Å². The molecule has 8 heteroatoms. The minimum Gasteiger partial charge on any atom is -0.392 e. The molecule has 0 spiro atoms. The van der Waals surface area contributed by atoms with E-state index in [0.29, 0.717) is 25.5 Å². The van der Waals surface area contributed by atoms with Gasteiger partial charge in [-0.2, -0.15) is 0 Å². The predicted octanol–water partition coefficient (Wildman–Crippen LogP) is 3.81. The number of carbonyl (C=O) groups excluding carboxylic acids is 4. The first-order chi connectivity index (χ1) is 18.0. The molecule has 2 aromatic rings. The topological polar surface area (TPSA) is 125 Å². The van der Waals surface area contributed by atoms with Crippen LogP contribution in [0.3, 0.4) is 0 Å². The highest BCUT2D eigenvalue weighted by molar-refractivity contribution is 5.92. The normalized spacial score (nSPS) is 12.6. The van der Waals surface area contributed by atoms with Crippen LogP contribution in [0.1, 0.15) is 66.0 Å². The molecule has 216 valence electrons. The number of hydrogen-bond donors (Lipinski definition) is 4. The van der Waals surface area contributed by atoms with E-state index in [9.17, 15) is 19.2 Å². The predicted molar refractivity (Wildman–Crippen MR) is 156 cm³/mol. The number of carbonyl (C=O) groups is 4. The second-order valence-electron chi connectivity index (χ2n) is 10.2. The fourth-order valence-electron chi connectivity index (χ4n) is 3.79. The lowest BCUT2D eigenvalue weighted by molar-refractivity contribution is -0.132. The number of rotatable bonds is 13. The summed E-state index contributed by atoms with van der Waals surface area (Å²) in [5, 5.41) is 16.7. The van der Waals surface area contributed by atoms with Crippen LogP contribution >= 0.6 is 0 Å². The van der Waals surface area contributed by atoms with Crippen LogP contribution in [0.4, 0.5) is 0 Å². The van der Waals surface area contributed by atoms with Crippen molar-refractivity contribution in [3.8, 4) is 0 Å². The number of amides is 3. The highest BCUT2D eigenvalue weighted by Crippen LogP contribution is 2.10. The van der Waals surface area contributed by atoms with E-state index < -0.39 is 29.9 Å². The van der Waals surface area contributed by atoms with Crippen LogP contribution in [0.25, 0.3) is 0 Å². The molecule has 0 bridgehead atoms. The summed E-state index contributed by atoms with van der Waals surface area (Å²) in [6.45, 7) is 9.31. The first-order valence-electron chi connectivity index (χ1n) is 13.1. The van der Waals surface area contributed by atoms with E-state index in [2.05, 4.69) is 16.0 Å². The molecular formula is C31H47N3O5. The van der Waals surface area contributed by atoms with E-state index in [1.165, 1.54) is 6.92 Å². The number of aldehydes is 1. The maximum Gasteiger partial charge on any atom is 0.243 e. The molecule has 0 saturated carbocycles. The van der Waals surface area contributed by atoms with Crippen molar-refractivity contribution >= 4 is 24.0 Å². The summed E-state index contributed by atoms with van der Waals surface area (Å²) in [6, 6.07) is 16.7. The molecule has 0 aliphatic carbocycles. The zero-order chi connectivity index (χ0) is 28.5. The van der Waals surface area contributed by atoms with Crippen LogP contribution in [0, 0.1) is 11.8 Å². The van der Waals surface area contributed by atoms with Gasteiger partial charge in [0.15, 0.2) is 0 Å². The molecule has 3 atom stereocenters. The molecule has 3 unspecified atom stereocenters. The third-order valence-electron chi connectivity index (χ3n) is 5.56. The molecule has 0 saturated heterocycles. The molecule has 4 N–H and O–H groups in total. The van der Waals surface area contributed by atoms with Crippen molar-refractivity contribution < 1.29 is 24.3 Å². The van der Waals surface area contributed by atoms with Crippen molar-refractivity contribution in [3.05, 3.63) is 71.8 Å². The third kappa shape index (κ3) is 15.5. The highest BCUT2D eigenvalue weighted by atomic mass is 16.3. The number of aliphatic hydroxyl groups excluding tert-OH is 1. The number of aliphatic hydroxyl groups is 1. The molecule has 39 heavy (non-hydrogen) atoms. The number of hydrogen-bond acceptors (Lipinski definition) is 5. The standard InChI is InChI=1S/C23H35N3O4.C7H8O.CH4/c1-15(2)11-20(24-17(5)28)23(30)26-21(12-16(3)4)22(29)25-19(14-27)13-18-9-7-6-8-10-18;8-6-7-4-2-1-3-5-7;/h6-10,14-16,19-21H,11-13H2,1-5H3,(H,24,28)(H,25,29)(H,26,30);1-5,8H,6H2;1H4. The van der Waals surface area contributed by atoms with Gasteiger partial charge in [0.2, 0.25) is 17.7 Å². The SMILES string of the molecule is C.CC(=O)NC(CC(C)C)C(=O)NC(CC(C)C)C(=O)NC(C=O)Cc1ccccc1.OCc1ccccc1. The van der Waals surface area contributed by atoms with E-state index >= 15 is 0 Å². The van der Waals surface area contributed by atoms with Crippen LogP contribution < -0.4 is 16.0 Å². The second-order valence-corrected chi connectivity index (χ2v) is 10.2. The fraction of sp³-hybridized carbons (Fsp3) is 0.484. The van der Waals surface area contributed by atoms with Crippen molar-refractivity contribution in [1.82, 2.24) is 16.0 Å². The van der Waals surface area contributed by atoms with Crippen LogP contribution in [0.15, 0.2) is 60.7 Å². The summed E-state index contributed by atoms with van der Waals surface area (Å²) in [4.78, 5) is 48.6. The van der Waals surface area contributed by atoms with Gasteiger partial charge in [0, 0.05) is 6.92 Å². The molecule has 2 rings (SSSR count). The van der Waals surface area contributed by atoms with Gasteiger partial charge in [-0.15, -0.1) is 0 Å². The van der Waals surface area contributed by atoms with Crippen molar-refractivity contribution in [2.24, 2.45) is 11.8 Å². The molecular weight excluding hydrogens is 494 g/mol. The van der Waals surface area contributed by atoms with Crippen molar-refractivity contribution in [1.29, 1.82) is 0 Å². The summed E-state index contributed by atoms with van der Waals surface area (Å²) in [5.74, 6) is -0.768. The first-order valence-corrected chi connectivity index (χ1v) is 13.1. The minimum atomic E-state index is -0.792. The first kappa shape index (κ1) is 35.5. The number of nitrogens with one attached hydrogen (secondary N) is 3. The summed E-state index contributed by atoms with van der Waals surface area (Å²) >= 11 is 0. The fourth-order valence-corrected chi connectivity index (χ4v) is 3.79. The molecule has 0 aliphatic rings. The molecule has 3 amide bonds. The Labute approximate surface area is 234 Å². The van der Waals surface area contributed by atoms with E-state index in [0.717, 1.165) is 11.1 Å². The number of benzene rings is 2. The molecule has 8 nitrogen and oxygen atoms in total. The van der Waals surface area contributed by atoms with Gasteiger partial charge in [0.25, 0.3) is 0 Å². The van der Waals surface area contributed by atoms with E-state index in [1.54, 1.807) is 0 Å². The Morgan fingerprint density at radius 3 is 1.56 bits per heavy atom. The smallest absolute Gasteiger partial charge is 0.243 e. The minimum absolute atomic E-state index is 0. The summed E-state index contributed by atoms with van der Waals surface area (Å²) < 4.78 is 0. The molecule has 0 aliphatic heterocycles. The largest absolute Gasteiger partial charge is 0.392 e. The van der Waals surface area contributed by atoms with Crippen LogP contribution in [-0.4, -0.2) is 47.2 Å². The average molecular weight is 542 g/mol. The summed E-state index contributed by atoms with van der Waals surface area (Å²) in [7, 11) is 0. The van der Waals surface area contributed by atoms with E-state index in [-0.39, 0.29) is 31.8 Å². The molecule has 0 aromatic heterocycles. The lowest BCUT2D eigenvalue weighted by Gasteiger charge is -2.25. The third-order valence-corrected chi connectivity index (χ3v) is 5.56. The zero-order valence-electron chi connectivity index (χ0n) is 23.1. The van der Waals surface area contributed by atoms with Crippen molar-refractivity contribution in [3.63, 3.8) is 0 Å². The Hall–Kier alpha value is -3.52. The Morgan fingerprint density at radius 2 is 1.18 bits per heavy atom. The Kier molecular flexibility index (Phi) is 17.8. The van der Waals surface area contributed by atoms with Crippen LogP contribution in [0.5, 0.6) is 0 Å². The summed E-state index contributed by atoms with van der Waals surface area (Å²) in [6.07, 6.45) is 1.97. The van der Waals surface area contributed by atoms with Gasteiger partial charge < -0.3 is 25.9 Å². The van der Waals surface area contributed by atoms with Gasteiger partial charge >= 0.3 is 0 Å². The van der Waals surface area contributed by atoms with Crippen molar-refractivity contribution in [2.75, 3.05) is 0 Å². The maximum atomic E-state index is 12.9. The van der Waals surface area contributed by atoms with Gasteiger partial charge in [-0.25, -0.2) is 0 Å². The lowest BCUT2D eigenvalue weighted by atomic mass is 9.99. The Balaban J connectivity index is 0.00000136. The van der Waals surface area contributed by atoms with Gasteiger partial charge in [-0.3, -0.25) is 14.4 Å². The van der Waals surface area contributed by atoms with Gasteiger partial charge in [0.05, 0.1) is 12.6 Å². The zero-order valence-corrected chi connectivity index (χ0v) is 23.1. The molecule has 0 heterocycles. The maximum absolute atomic E-state index is 12.9. The van der Waals surface area contributed by atoms with Crippen LogP contribution in [-0.2, 0) is 32.2 Å². The van der Waals surface area contributed by atoms with Gasteiger partial charge in [-0.1, -0.05) is 95.8 Å². The Morgan fingerprint density at radius 1 is 0.744 bits per heavy atom.